The standard InChI is InChI=1S/C23H16Cl2F2N2O4S/c1-34(32,33)11-20(30)22-21(14-3-2-6-28-23(14)31)15-8-16(24)17(25)9-19(15)29(22)10-12-4-5-13(26)7-18(12)27/h2-9H,10-11H2,1H3,(H,28,31). The summed E-state index contributed by atoms with van der Waals surface area (Å²) in [7, 11) is -3.76. The highest BCUT2D eigenvalue weighted by Gasteiger charge is 2.28. The molecule has 0 aliphatic heterocycles. The summed E-state index contributed by atoms with van der Waals surface area (Å²) in [5.74, 6) is -3.30. The zero-order valence-electron chi connectivity index (χ0n) is 17.5. The third-order valence-corrected chi connectivity index (χ3v) is 6.70. The topological polar surface area (TPSA) is 89.0 Å². The SMILES string of the molecule is CS(=O)(=O)CC(=O)c1c(-c2ccc[nH]c2=O)c2cc(Cl)c(Cl)cc2n1Cc1ccc(F)cc1F. The zero-order chi connectivity index (χ0) is 24.8. The summed E-state index contributed by atoms with van der Waals surface area (Å²) in [4.78, 5) is 28.5. The highest BCUT2D eigenvalue weighted by atomic mass is 35.5. The van der Waals surface area contributed by atoms with Crippen LogP contribution in [0.15, 0.2) is 53.5 Å². The minimum absolute atomic E-state index is 0.0336. The van der Waals surface area contributed by atoms with Crippen LogP contribution in [0, 0.1) is 11.6 Å². The number of H-pyrrole nitrogens is 1. The quantitative estimate of drug-likeness (QED) is 0.365. The number of rotatable bonds is 6. The Kier molecular flexibility index (Phi) is 6.37. The molecule has 4 rings (SSSR count). The molecule has 1 N–H and O–H groups in total. The van der Waals surface area contributed by atoms with Gasteiger partial charge in [-0.1, -0.05) is 29.3 Å². The Bertz CT molecular complexity index is 1630. The lowest BCUT2D eigenvalue weighted by molar-refractivity contribution is 0.101. The third-order valence-electron chi connectivity index (χ3n) is 5.19. The molecule has 2 aromatic carbocycles. The molecule has 4 aromatic rings. The average molecular weight is 525 g/mol. The number of fused-ring (bicyclic) bond motifs is 1. The van der Waals surface area contributed by atoms with Gasteiger partial charge in [-0.3, -0.25) is 9.59 Å². The maximum atomic E-state index is 14.5. The Labute approximate surface area is 202 Å². The van der Waals surface area contributed by atoms with Gasteiger partial charge in [0, 0.05) is 40.6 Å². The van der Waals surface area contributed by atoms with Crippen LogP contribution in [-0.2, 0) is 16.4 Å². The van der Waals surface area contributed by atoms with E-state index in [2.05, 4.69) is 4.98 Å². The van der Waals surface area contributed by atoms with E-state index in [0.717, 1.165) is 12.3 Å². The number of ketones is 1. The second-order valence-corrected chi connectivity index (χ2v) is 10.7. The van der Waals surface area contributed by atoms with Gasteiger partial charge in [0.2, 0.25) is 0 Å². The van der Waals surface area contributed by atoms with Crippen LogP contribution < -0.4 is 5.56 Å². The van der Waals surface area contributed by atoms with Crippen LogP contribution in [-0.4, -0.2) is 35.8 Å². The summed E-state index contributed by atoms with van der Waals surface area (Å²) >= 11 is 12.4. The van der Waals surface area contributed by atoms with Crippen LogP contribution in [0.3, 0.4) is 0 Å². The summed E-state index contributed by atoms with van der Waals surface area (Å²) in [5, 5.41) is 0.601. The van der Waals surface area contributed by atoms with Gasteiger partial charge >= 0.3 is 0 Å². The number of nitrogens with zero attached hydrogens (tertiary/aromatic N) is 1. The Morgan fingerprint density at radius 3 is 2.44 bits per heavy atom. The number of pyridine rings is 1. The Morgan fingerprint density at radius 2 is 1.79 bits per heavy atom. The van der Waals surface area contributed by atoms with Crippen molar-refractivity contribution in [1.29, 1.82) is 0 Å². The minimum Gasteiger partial charge on any atom is -0.333 e. The van der Waals surface area contributed by atoms with Gasteiger partial charge in [-0.2, -0.15) is 0 Å². The maximum absolute atomic E-state index is 14.5. The van der Waals surface area contributed by atoms with Crippen LogP contribution in [0.2, 0.25) is 10.0 Å². The van der Waals surface area contributed by atoms with Gasteiger partial charge in [-0.25, -0.2) is 17.2 Å². The fourth-order valence-electron chi connectivity index (χ4n) is 3.81. The molecule has 0 unspecified atom stereocenters. The van der Waals surface area contributed by atoms with Crippen molar-refractivity contribution in [2.45, 2.75) is 6.54 Å². The highest BCUT2D eigenvalue weighted by Crippen LogP contribution is 2.39. The third kappa shape index (κ3) is 4.64. The maximum Gasteiger partial charge on any atom is 0.255 e. The van der Waals surface area contributed by atoms with Crippen molar-refractivity contribution in [2.24, 2.45) is 0 Å². The van der Waals surface area contributed by atoms with Crippen molar-refractivity contribution in [1.82, 2.24) is 9.55 Å². The van der Waals surface area contributed by atoms with E-state index < -0.39 is 38.6 Å². The molecule has 2 heterocycles. The van der Waals surface area contributed by atoms with Crippen molar-refractivity contribution >= 4 is 49.7 Å². The Morgan fingerprint density at radius 1 is 1.09 bits per heavy atom. The number of sulfone groups is 1. The van der Waals surface area contributed by atoms with E-state index in [1.54, 1.807) is 6.07 Å². The predicted octanol–water partition coefficient (Wildman–Crippen LogP) is 4.86. The lowest BCUT2D eigenvalue weighted by Crippen LogP contribution is -2.20. The van der Waals surface area contributed by atoms with Gasteiger partial charge in [0.25, 0.3) is 5.56 Å². The number of aromatic nitrogens is 2. The molecule has 34 heavy (non-hydrogen) atoms. The Balaban J connectivity index is 2.13. The predicted molar refractivity (Wildman–Crippen MR) is 128 cm³/mol. The summed E-state index contributed by atoms with van der Waals surface area (Å²) in [5.41, 5.74) is -0.111. The van der Waals surface area contributed by atoms with E-state index in [1.165, 1.54) is 35.0 Å². The molecule has 0 bridgehead atoms. The molecule has 0 amide bonds. The number of nitrogens with one attached hydrogen (secondary N) is 1. The smallest absolute Gasteiger partial charge is 0.255 e. The van der Waals surface area contributed by atoms with Crippen LogP contribution in [0.25, 0.3) is 22.0 Å². The molecule has 0 atom stereocenters. The van der Waals surface area contributed by atoms with Crippen molar-refractivity contribution in [3.05, 3.63) is 92.0 Å². The molecule has 0 radical (unpaired) electrons. The molecule has 0 saturated heterocycles. The summed E-state index contributed by atoms with van der Waals surface area (Å²) in [6.45, 7) is -0.268. The largest absolute Gasteiger partial charge is 0.333 e. The molecular weight excluding hydrogens is 509 g/mol. The molecule has 0 aliphatic carbocycles. The molecule has 0 saturated carbocycles. The minimum atomic E-state index is -3.76. The fourth-order valence-corrected chi connectivity index (χ4v) is 4.75. The fraction of sp³-hybridized carbons (Fsp3) is 0.130. The van der Waals surface area contributed by atoms with E-state index >= 15 is 0 Å². The van der Waals surface area contributed by atoms with Crippen LogP contribution in [0.4, 0.5) is 8.78 Å². The molecule has 0 spiro atoms. The second-order valence-electron chi connectivity index (χ2n) is 7.74. The molecular formula is C23H16Cl2F2N2O4S. The molecule has 0 aliphatic rings. The number of benzene rings is 2. The zero-order valence-corrected chi connectivity index (χ0v) is 19.9. The van der Waals surface area contributed by atoms with Gasteiger partial charge in [0.15, 0.2) is 15.6 Å². The van der Waals surface area contributed by atoms with Gasteiger partial charge < -0.3 is 9.55 Å². The van der Waals surface area contributed by atoms with Crippen molar-refractivity contribution < 1.29 is 22.0 Å². The number of hydrogen-bond donors (Lipinski definition) is 1. The lowest BCUT2D eigenvalue weighted by atomic mass is 10.0. The number of carbonyl (C=O) groups is 1. The first-order valence-corrected chi connectivity index (χ1v) is 12.6. The average Bonchev–Trinajstić information content (AvgIpc) is 3.02. The van der Waals surface area contributed by atoms with Gasteiger partial charge in [0.05, 0.1) is 27.8 Å². The molecule has 6 nitrogen and oxygen atoms in total. The van der Waals surface area contributed by atoms with Crippen LogP contribution >= 0.6 is 23.2 Å². The van der Waals surface area contributed by atoms with Crippen LogP contribution in [0.1, 0.15) is 16.1 Å². The summed E-state index contributed by atoms with van der Waals surface area (Å²) < 4.78 is 53.3. The van der Waals surface area contributed by atoms with Gasteiger partial charge in [-0.05, 0) is 30.3 Å². The molecule has 176 valence electrons. The number of halogens is 4. The number of carbonyl (C=O) groups excluding carboxylic acids is 1. The van der Waals surface area contributed by atoms with Crippen molar-refractivity contribution in [3.63, 3.8) is 0 Å². The second kappa shape index (κ2) is 8.98. The number of aromatic amines is 1. The van der Waals surface area contributed by atoms with Crippen LogP contribution in [0.5, 0.6) is 0 Å². The van der Waals surface area contributed by atoms with Gasteiger partial charge in [-0.15, -0.1) is 0 Å². The molecule has 2 aromatic heterocycles. The first kappa shape index (κ1) is 24.1. The lowest BCUT2D eigenvalue weighted by Gasteiger charge is -2.12. The van der Waals surface area contributed by atoms with E-state index in [9.17, 15) is 26.8 Å². The highest BCUT2D eigenvalue weighted by molar-refractivity contribution is 7.91. The van der Waals surface area contributed by atoms with E-state index in [0.29, 0.717) is 17.0 Å². The summed E-state index contributed by atoms with van der Waals surface area (Å²) in [6.07, 6.45) is 2.31. The van der Waals surface area contributed by atoms with E-state index in [1.807, 2.05) is 0 Å². The number of hydrogen-bond acceptors (Lipinski definition) is 4. The molecule has 0 fully saturated rings. The monoisotopic (exact) mass is 524 g/mol. The molecule has 11 heteroatoms. The van der Waals surface area contributed by atoms with Gasteiger partial charge in [0.1, 0.15) is 17.4 Å². The Hall–Kier alpha value is -3.01. The van der Waals surface area contributed by atoms with E-state index in [-0.39, 0.29) is 39.0 Å². The normalized spacial score (nSPS) is 11.8. The first-order valence-electron chi connectivity index (χ1n) is 9.80. The number of Topliss-reactive ketones (excluding diaryl/α,β-unsaturated/α-hetero) is 1. The summed E-state index contributed by atoms with van der Waals surface area (Å²) in [6, 6.07) is 8.89. The van der Waals surface area contributed by atoms with Crippen molar-refractivity contribution in [3.8, 4) is 11.1 Å². The van der Waals surface area contributed by atoms with Crippen molar-refractivity contribution in [2.75, 3.05) is 12.0 Å². The first-order chi connectivity index (χ1) is 16.0. The van der Waals surface area contributed by atoms with E-state index in [4.69, 9.17) is 23.2 Å².